The van der Waals surface area contributed by atoms with Gasteiger partial charge in [-0.25, -0.2) is 9.18 Å². The third-order valence-corrected chi connectivity index (χ3v) is 5.37. The van der Waals surface area contributed by atoms with Crippen LogP contribution in [0.3, 0.4) is 0 Å². The average molecular weight is 355 g/mol. The second kappa shape index (κ2) is 6.72. The van der Waals surface area contributed by atoms with E-state index in [9.17, 15) is 9.18 Å². The smallest absolute Gasteiger partial charge is 0.321 e. The van der Waals surface area contributed by atoms with Gasteiger partial charge in [0.2, 0.25) is 0 Å². The fourth-order valence-electron chi connectivity index (χ4n) is 3.08. The molecule has 128 valence electrons. The van der Waals surface area contributed by atoms with Crippen molar-refractivity contribution >= 4 is 38.8 Å². The SMILES string of the molecule is O=C1NCCCN1c1cc(NCc2cccc3ccsc23)ccc1F. The number of anilines is 2. The molecule has 3 aromatic rings. The summed E-state index contributed by atoms with van der Waals surface area (Å²) < 4.78 is 15.5. The van der Waals surface area contributed by atoms with Gasteiger partial charge in [-0.15, -0.1) is 11.3 Å². The molecular weight excluding hydrogens is 337 g/mol. The molecular formula is C19H18FN3OS. The molecule has 4 rings (SSSR count). The van der Waals surface area contributed by atoms with Gasteiger partial charge < -0.3 is 10.6 Å². The highest BCUT2D eigenvalue weighted by atomic mass is 32.1. The first kappa shape index (κ1) is 15.9. The first-order chi connectivity index (χ1) is 12.2. The Morgan fingerprint density at radius 1 is 1.24 bits per heavy atom. The molecule has 0 bridgehead atoms. The Hall–Kier alpha value is -2.60. The van der Waals surface area contributed by atoms with E-state index in [2.05, 4.69) is 34.2 Å². The van der Waals surface area contributed by atoms with Crippen LogP contribution < -0.4 is 15.5 Å². The fourth-order valence-corrected chi connectivity index (χ4v) is 3.99. The molecule has 2 aromatic carbocycles. The molecule has 1 fully saturated rings. The standard InChI is InChI=1S/C19H18FN3OS/c20-16-6-5-15(11-17(16)23-9-2-8-21-19(23)24)22-12-14-4-1-3-13-7-10-25-18(13)14/h1,3-7,10-11,22H,2,8-9,12H2,(H,21,24). The minimum Gasteiger partial charge on any atom is -0.381 e. The van der Waals surface area contributed by atoms with Gasteiger partial charge in [0, 0.05) is 30.0 Å². The number of carbonyl (C=O) groups excluding carboxylic acids is 1. The van der Waals surface area contributed by atoms with Crippen LogP contribution in [0, 0.1) is 5.82 Å². The third-order valence-electron chi connectivity index (χ3n) is 4.36. The maximum atomic E-state index is 14.2. The Kier molecular flexibility index (Phi) is 4.28. The summed E-state index contributed by atoms with van der Waals surface area (Å²) in [6, 6.07) is 12.9. The van der Waals surface area contributed by atoms with E-state index < -0.39 is 0 Å². The summed E-state index contributed by atoms with van der Waals surface area (Å²) in [6.45, 7) is 1.82. The van der Waals surface area contributed by atoms with Gasteiger partial charge in [-0.3, -0.25) is 4.90 Å². The number of carbonyl (C=O) groups is 1. The predicted molar refractivity (Wildman–Crippen MR) is 101 cm³/mol. The lowest BCUT2D eigenvalue weighted by molar-refractivity contribution is 0.242. The van der Waals surface area contributed by atoms with Crippen molar-refractivity contribution in [3.63, 3.8) is 0 Å². The average Bonchev–Trinajstić information content (AvgIpc) is 3.11. The van der Waals surface area contributed by atoms with Crippen molar-refractivity contribution in [2.45, 2.75) is 13.0 Å². The van der Waals surface area contributed by atoms with Gasteiger partial charge in [-0.05, 0) is 47.0 Å². The molecule has 6 heteroatoms. The van der Waals surface area contributed by atoms with Crippen LogP contribution in [0.1, 0.15) is 12.0 Å². The van der Waals surface area contributed by atoms with Crippen LogP contribution in [0.25, 0.3) is 10.1 Å². The van der Waals surface area contributed by atoms with Crippen molar-refractivity contribution < 1.29 is 9.18 Å². The summed E-state index contributed by atoms with van der Waals surface area (Å²) >= 11 is 1.72. The summed E-state index contributed by atoms with van der Waals surface area (Å²) in [5.74, 6) is -0.386. The van der Waals surface area contributed by atoms with E-state index in [1.54, 1.807) is 23.5 Å². The Balaban J connectivity index is 1.56. The molecule has 0 aliphatic carbocycles. The largest absolute Gasteiger partial charge is 0.381 e. The Bertz CT molecular complexity index is 924. The number of hydrogen-bond acceptors (Lipinski definition) is 3. The van der Waals surface area contributed by atoms with Crippen molar-refractivity contribution in [2.75, 3.05) is 23.3 Å². The first-order valence-electron chi connectivity index (χ1n) is 8.26. The lowest BCUT2D eigenvalue weighted by Crippen LogP contribution is -2.46. The molecule has 0 unspecified atom stereocenters. The zero-order valence-corrected chi connectivity index (χ0v) is 14.4. The fraction of sp³-hybridized carbons (Fsp3) is 0.211. The van der Waals surface area contributed by atoms with Gasteiger partial charge in [0.05, 0.1) is 5.69 Å². The van der Waals surface area contributed by atoms with Crippen molar-refractivity contribution in [2.24, 2.45) is 0 Å². The van der Waals surface area contributed by atoms with E-state index in [0.717, 1.165) is 12.1 Å². The van der Waals surface area contributed by atoms with Crippen LogP contribution in [-0.2, 0) is 6.54 Å². The molecule has 1 aromatic heterocycles. The van der Waals surface area contributed by atoms with Gasteiger partial charge in [0.1, 0.15) is 5.82 Å². The van der Waals surface area contributed by atoms with Crippen LogP contribution in [0.4, 0.5) is 20.6 Å². The van der Waals surface area contributed by atoms with Crippen LogP contribution in [-0.4, -0.2) is 19.1 Å². The molecule has 0 atom stereocenters. The van der Waals surface area contributed by atoms with Crippen molar-refractivity contribution in [1.82, 2.24) is 5.32 Å². The molecule has 0 spiro atoms. The molecule has 2 heterocycles. The predicted octanol–water partition coefficient (Wildman–Crippen LogP) is 4.57. The van der Waals surface area contributed by atoms with E-state index in [1.807, 2.05) is 6.07 Å². The topological polar surface area (TPSA) is 44.4 Å². The van der Waals surface area contributed by atoms with E-state index in [-0.39, 0.29) is 11.8 Å². The third kappa shape index (κ3) is 3.17. The van der Waals surface area contributed by atoms with Crippen LogP contribution in [0.15, 0.2) is 47.8 Å². The molecule has 0 radical (unpaired) electrons. The highest BCUT2D eigenvalue weighted by Crippen LogP contribution is 2.28. The molecule has 4 nitrogen and oxygen atoms in total. The lowest BCUT2D eigenvalue weighted by atomic mass is 10.1. The van der Waals surface area contributed by atoms with Gasteiger partial charge >= 0.3 is 6.03 Å². The number of hydrogen-bond donors (Lipinski definition) is 2. The normalized spacial score (nSPS) is 14.6. The van der Waals surface area contributed by atoms with Crippen molar-refractivity contribution in [3.8, 4) is 0 Å². The number of urea groups is 1. The Labute approximate surface area is 149 Å². The summed E-state index contributed by atoms with van der Waals surface area (Å²) in [4.78, 5) is 13.4. The summed E-state index contributed by atoms with van der Waals surface area (Å²) in [6.07, 6.45) is 0.809. The molecule has 0 saturated carbocycles. The molecule has 2 N–H and O–H groups in total. The molecule has 2 amide bonds. The van der Waals surface area contributed by atoms with E-state index in [1.165, 1.54) is 26.6 Å². The van der Waals surface area contributed by atoms with Crippen LogP contribution in [0.2, 0.25) is 0 Å². The number of halogens is 1. The Morgan fingerprint density at radius 3 is 3.04 bits per heavy atom. The number of rotatable bonds is 4. The molecule has 25 heavy (non-hydrogen) atoms. The van der Waals surface area contributed by atoms with Crippen LogP contribution in [0.5, 0.6) is 0 Å². The van der Waals surface area contributed by atoms with Crippen molar-refractivity contribution in [3.05, 3.63) is 59.2 Å². The quantitative estimate of drug-likeness (QED) is 0.720. The number of thiophene rings is 1. The molecule has 1 aliphatic rings. The van der Waals surface area contributed by atoms with E-state index in [0.29, 0.717) is 25.3 Å². The molecule has 1 aliphatic heterocycles. The van der Waals surface area contributed by atoms with Gasteiger partial charge in [-0.1, -0.05) is 18.2 Å². The number of amides is 2. The maximum Gasteiger partial charge on any atom is 0.321 e. The summed E-state index contributed by atoms with van der Waals surface area (Å²) in [5, 5.41) is 9.41. The maximum absolute atomic E-state index is 14.2. The second-order valence-electron chi connectivity index (χ2n) is 6.01. The Morgan fingerprint density at radius 2 is 2.16 bits per heavy atom. The highest BCUT2D eigenvalue weighted by molar-refractivity contribution is 7.17. The van der Waals surface area contributed by atoms with Gasteiger partial charge in [0.15, 0.2) is 0 Å². The monoisotopic (exact) mass is 355 g/mol. The number of benzene rings is 2. The molecule has 1 saturated heterocycles. The van der Waals surface area contributed by atoms with E-state index in [4.69, 9.17) is 0 Å². The minimum atomic E-state index is -0.386. The van der Waals surface area contributed by atoms with E-state index >= 15 is 0 Å². The second-order valence-corrected chi connectivity index (χ2v) is 6.93. The number of fused-ring (bicyclic) bond motifs is 1. The summed E-state index contributed by atoms with van der Waals surface area (Å²) in [5.41, 5.74) is 2.31. The van der Waals surface area contributed by atoms with Gasteiger partial charge in [0.25, 0.3) is 0 Å². The number of nitrogens with zero attached hydrogens (tertiary/aromatic N) is 1. The van der Waals surface area contributed by atoms with Crippen LogP contribution >= 0.6 is 11.3 Å². The zero-order chi connectivity index (χ0) is 17.2. The first-order valence-corrected chi connectivity index (χ1v) is 9.14. The lowest BCUT2D eigenvalue weighted by Gasteiger charge is -2.28. The van der Waals surface area contributed by atoms with Gasteiger partial charge in [-0.2, -0.15) is 0 Å². The highest BCUT2D eigenvalue weighted by Gasteiger charge is 2.22. The van der Waals surface area contributed by atoms with Crippen molar-refractivity contribution in [1.29, 1.82) is 0 Å². The minimum absolute atomic E-state index is 0.245. The summed E-state index contributed by atoms with van der Waals surface area (Å²) in [7, 11) is 0. The zero-order valence-electron chi connectivity index (χ0n) is 13.6. The number of nitrogens with one attached hydrogen (secondary N) is 2.